The van der Waals surface area contributed by atoms with Gasteiger partial charge in [0.15, 0.2) is 0 Å². The van der Waals surface area contributed by atoms with Gasteiger partial charge in [-0.15, -0.1) is 11.3 Å². The Kier molecular flexibility index (Phi) is 6.22. The number of hydrogen-bond acceptors (Lipinski definition) is 3. The van der Waals surface area contributed by atoms with E-state index in [0.29, 0.717) is 13.0 Å². The Balaban J connectivity index is 2.50. The van der Waals surface area contributed by atoms with E-state index >= 15 is 0 Å². The third-order valence-corrected chi connectivity index (χ3v) is 3.56. The number of nitrogens with zero attached hydrogens (tertiary/aromatic N) is 1. The lowest BCUT2D eigenvalue weighted by atomic mass is 10.2. The van der Waals surface area contributed by atoms with Crippen LogP contribution in [-0.2, 0) is 11.3 Å². The third-order valence-electron chi connectivity index (χ3n) is 2.69. The molecule has 0 saturated heterocycles. The maximum Gasteiger partial charge on any atom is 0.223 e. The minimum Gasteiger partial charge on any atom is -0.335 e. The maximum atomic E-state index is 12.1. The molecule has 1 aromatic heterocycles. The Bertz CT molecular complexity index is 322. The predicted molar refractivity (Wildman–Crippen MR) is 72.9 cm³/mol. The Hall–Kier alpha value is -0.870. The van der Waals surface area contributed by atoms with Crippen LogP contribution in [0.5, 0.6) is 0 Å². The average Bonchev–Trinajstić information content (AvgIpc) is 2.78. The van der Waals surface area contributed by atoms with Gasteiger partial charge in [0.25, 0.3) is 0 Å². The summed E-state index contributed by atoms with van der Waals surface area (Å²) >= 11 is 1.70. The lowest BCUT2D eigenvalue weighted by Gasteiger charge is -2.26. The smallest absolute Gasteiger partial charge is 0.223 e. The summed E-state index contributed by atoms with van der Waals surface area (Å²) in [4.78, 5) is 15.3. The minimum absolute atomic E-state index is 0.238. The van der Waals surface area contributed by atoms with E-state index < -0.39 is 0 Å². The summed E-state index contributed by atoms with van der Waals surface area (Å²) in [5.41, 5.74) is 5.44. The van der Waals surface area contributed by atoms with Crippen LogP contribution >= 0.6 is 11.3 Å². The van der Waals surface area contributed by atoms with Crippen molar-refractivity contribution in [3.63, 3.8) is 0 Å². The molecule has 2 N–H and O–H groups in total. The zero-order valence-electron chi connectivity index (χ0n) is 10.7. The zero-order valence-corrected chi connectivity index (χ0v) is 11.5. The van der Waals surface area contributed by atoms with Crippen LogP contribution in [0.1, 0.15) is 38.0 Å². The van der Waals surface area contributed by atoms with Gasteiger partial charge in [-0.05, 0) is 44.7 Å². The van der Waals surface area contributed by atoms with E-state index in [-0.39, 0.29) is 11.9 Å². The molecule has 1 rings (SSSR count). The Morgan fingerprint density at radius 2 is 2.24 bits per heavy atom. The molecule has 3 nitrogen and oxygen atoms in total. The van der Waals surface area contributed by atoms with Gasteiger partial charge < -0.3 is 10.6 Å². The SMILES string of the molecule is CC(C)N(Cc1cccs1)C(=O)CCCCN. The summed E-state index contributed by atoms with van der Waals surface area (Å²) < 4.78 is 0. The normalized spacial score (nSPS) is 10.8. The van der Waals surface area contributed by atoms with Gasteiger partial charge >= 0.3 is 0 Å². The number of unbranched alkanes of at least 4 members (excludes halogenated alkanes) is 1. The molecule has 1 amide bonds. The van der Waals surface area contributed by atoms with Crippen LogP contribution in [0.2, 0.25) is 0 Å². The van der Waals surface area contributed by atoms with Crippen LogP contribution in [0.3, 0.4) is 0 Å². The lowest BCUT2D eigenvalue weighted by molar-refractivity contribution is -0.133. The second kappa shape index (κ2) is 7.45. The number of hydrogen-bond donors (Lipinski definition) is 1. The molecule has 1 heterocycles. The molecule has 0 aliphatic carbocycles. The summed E-state index contributed by atoms with van der Waals surface area (Å²) in [7, 11) is 0. The number of rotatable bonds is 7. The fourth-order valence-corrected chi connectivity index (χ4v) is 2.40. The number of carbonyl (C=O) groups is 1. The molecule has 0 unspecified atom stereocenters. The van der Waals surface area contributed by atoms with E-state index in [0.717, 1.165) is 19.4 Å². The number of carbonyl (C=O) groups excluding carboxylic acids is 1. The molecule has 0 fully saturated rings. The fourth-order valence-electron chi connectivity index (χ4n) is 1.69. The van der Waals surface area contributed by atoms with Crippen LogP contribution < -0.4 is 5.73 Å². The minimum atomic E-state index is 0.238. The Morgan fingerprint density at radius 1 is 1.47 bits per heavy atom. The summed E-state index contributed by atoms with van der Waals surface area (Å²) in [5.74, 6) is 0.238. The quantitative estimate of drug-likeness (QED) is 0.760. The van der Waals surface area contributed by atoms with Gasteiger partial charge in [0.2, 0.25) is 5.91 Å². The van der Waals surface area contributed by atoms with Crippen molar-refractivity contribution >= 4 is 17.2 Å². The molecule has 96 valence electrons. The van der Waals surface area contributed by atoms with Crippen LogP contribution in [0.15, 0.2) is 17.5 Å². The standard InChI is InChI=1S/C13H22N2OS/c1-11(2)15(10-12-6-5-9-17-12)13(16)7-3-4-8-14/h5-6,9,11H,3-4,7-8,10,14H2,1-2H3. The lowest BCUT2D eigenvalue weighted by Crippen LogP contribution is -2.36. The largest absolute Gasteiger partial charge is 0.335 e. The molecule has 0 radical (unpaired) electrons. The topological polar surface area (TPSA) is 46.3 Å². The highest BCUT2D eigenvalue weighted by Crippen LogP contribution is 2.15. The van der Waals surface area contributed by atoms with Crippen LogP contribution in [0.4, 0.5) is 0 Å². The highest BCUT2D eigenvalue weighted by molar-refractivity contribution is 7.09. The van der Waals surface area contributed by atoms with Crippen LogP contribution in [0.25, 0.3) is 0 Å². The van der Waals surface area contributed by atoms with Crippen molar-refractivity contribution in [1.82, 2.24) is 4.90 Å². The number of thiophene rings is 1. The van der Waals surface area contributed by atoms with Crippen LogP contribution in [-0.4, -0.2) is 23.4 Å². The van der Waals surface area contributed by atoms with Crippen molar-refractivity contribution < 1.29 is 4.79 Å². The fraction of sp³-hybridized carbons (Fsp3) is 0.615. The second-order valence-corrected chi connectivity index (χ2v) is 5.47. The second-order valence-electron chi connectivity index (χ2n) is 4.44. The first-order valence-electron chi connectivity index (χ1n) is 6.17. The van der Waals surface area contributed by atoms with Crippen molar-refractivity contribution in [3.05, 3.63) is 22.4 Å². The van der Waals surface area contributed by atoms with Gasteiger partial charge in [-0.1, -0.05) is 6.07 Å². The first-order valence-corrected chi connectivity index (χ1v) is 7.05. The van der Waals surface area contributed by atoms with Crippen molar-refractivity contribution in [1.29, 1.82) is 0 Å². The Morgan fingerprint density at radius 3 is 2.76 bits per heavy atom. The molecule has 0 aromatic carbocycles. The first kappa shape index (κ1) is 14.2. The van der Waals surface area contributed by atoms with E-state index in [1.165, 1.54) is 4.88 Å². The van der Waals surface area contributed by atoms with E-state index in [1.54, 1.807) is 11.3 Å². The van der Waals surface area contributed by atoms with Gasteiger partial charge in [0.05, 0.1) is 6.54 Å². The third kappa shape index (κ3) is 4.88. The molecule has 0 saturated carbocycles. The first-order chi connectivity index (χ1) is 8.15. The van der Waals surface area contributed by atoms with Crippen molar-refractivity contribution in [3.8, 4) is 0 Å². The molecule has 1 aromatic rings. The number of nitrogens with two attached hydrogens (primary N) is 1. The molecule has 0 bridgehead atoms. The zero-order chi connectivity index (χ0) is 12.7. The molecule has 0 aliphatic rings. The Labute approximate surface area is 108 Å². The van der Waals surface area contributed by atoms with Gasteiger partial charge in [0, 0.05) is 17.3 Å². The molecule has 0 spiro atoms. The summed E-state index contributed by atoms with van der Waals surface area (Å²) in [6, 6.07) is 4.35. The van der Waals surface area contributed by atoms with Crippen molar-refractivity contribution in [2.75, 3.05) is 6.54 Å². The summed E-state index contributed by atoms with van der Waals surface area (Å²) in [6.45, 7) is 5.53. The molecule has 0 aliphatic heterocycles. The molecular weight excluding hydrogens is 232 g/mol. The highest BCUT2D eigenvalue weighted by atomic mass is 32.1. The van der Waals surface area contributed by atoms with E-state index in [9.17, 15) is 4.79 Å². The van der Waals surface area contributed by atoms with E-state index in [2.05, 4.69) is 19.9 Å². The van der Waals surface area contributed by atoms with Gasteiger partial charge in [0.1, 0.15) is 0 Å². The van der Waals surface area contributed by atoms with Gasteiger partial charge in [-0.25, -0.2) is 0 Å². The molecule has 4 heteroatoms. The molecular formula is C13H22N2OS. The maximum absolute atomic E-state index is 12.1. The summed E-state index contributed by atoms with van der Waals surface area (Å²) in [5, 5.41) is 2.05. The predicted octanol–water partition coefficient (Wildman–Crippen LogP) is 2.61. The number of amides is 1. The van der Waals surface area contributed by atoms with Crippen molar-refractivity contribution in [2.24, 2.45) is 5.73 Å². The van der Waals surface area contributed by atoms with E-state index in [4.69, 9.17) is 5.73 Å². The van der Waals surface area contributed by atoms with Gasteiger partial charge in [-0.2, -0.15) is 0 Å². The monoisotopic (exact) mass is 254 g/mol. The van der Waals surface area contributed by atoms with Crippen molar-refractivity contribution in [2.45, 2.75) is 45.7 Å². The van der Waals surface area contributed by atoms with Gasteiger partial charge in [-0.3, -0.25) is 4.79 Å². The van der Waals surface area contributed by atoms with E-state index in [1.807, 2.05) is 16.3 Å². The van der Waals surface area contributed by atoms with Crippen LogP contribution in [0, 0.1) is 0 Å². The highest BCUT2D eigenvalue weighted by Gasteiger charge is 2.16. The average molecular weight is 254 g/mol. The molecule has 17 heavy (non-hydrogen) atoms. The summed E-state index contributed by atoms with van der Waals surface area (Å²) in [6.07, 6.45) is 2.43. The molecule has 0 atom stereocenters.